The van der Waals surface area contributed by atoms with E-state index in [2.05, 4.69) is 4.74 Å². The number of aliphatic hydroxyl groups is 1. The maximum Gasteiger partial charge on any atom is 0.346 e. The summed E-state index contributed by atoms with van der Waals surface area (Å²) in [6, 6.07) is 1.12. The normalized spacial score (nSPS) is 11.6. The first-order chi connectivity index (χ1) is 20.6. The zero-order valence-corrected chi connectivity index (χ0v) is 24.8. The molecule has 2 aliphatic rings. The predicted molar refractivity (Wildman–Crippen MR) is 160 cm³/mol. The molecule has 0 unspecified atom stereocenters. The first kappa shape index (κ1) is 31.8. The van der Waals surface area contributed by atoms with Crippen LogP contribution >= 0.6 is 0 Å². The van der Waals surface area contributed by atoms with Gasteiger partial charge in [0.1, 0.15) is 11.5 Å². The minimum absolute atomic E-state index is 0.00304. The van der Waals surface area contributed by atoms with Gasteiger partial charge in [0, 0.05) is 55.3 Å². The number of aldehydes is 1. The average Bonchev–Trinajstić information content (AvgIpc) is 2.96. The van der Waals surface area contributed by atoms with E-state index in [4.69, 9.17) is 9.84 Å². The second-order valence-corrected chi connectivity index (χ2v) is 11.0. The molecular formula is C32H30O12. The second kappa shape index (κ2) is 11.5. The topological polar surface area (TPSA) is 202 Å². The zero-order valence-electron chi connectivity index (χ0n) is 24.8. The Hall–Kier alpha value is -5.10. The van der Waals surface area contributed by atoms with Crippen molar-refractivity contribution in [3.05, 3.63) is 74.8 Å². The Kier molecular flexibility index (Phi) is 8.34. The molecule has 0 radical (unpaired) electrons. The number of hydrogen-bond donors (Lipinski definition) is 4. The molecule has 0 aromatic heterocycles. The Morgan fingerprint density at radius 2 is 1.39 bits per heavy atom. The molecule has 0 spiro atoms. The third kappa shape index (κ3) is 4.67. The minimum Gasteiger partial charge on any atom is -0.507 e. The lowest BCUT2D eigenvalue weighted by Crippen LogP contribution is -2.38. The summed E-state index contributed by atoms with van der Waals surface area (Å²) in [5.74, 6) is -3.91. The zero-order chi connectivity index (χ0) is 32.9. The maximum atomic E-state index is 14.1. The van der Waals surface area contributed by atoms with Gasteiger partial charge in [-0.25, -0.2) is 4.79 Å². The van der Waals surface area contributed by atoms with Crippen LogP contribution in [0.4, 0.5) is 0 Å². The first-order valence-corrected chi connectivity index (χ1v) is 13.6. The summed E-state index contributed by atoms with van der Waals surface area (Å²) in [6.45, 7) is 7.51. The van der Waals surface area contributed by atoms with Crippen molar-refractivity contribution in [2.24, 2.45) is 0 Å². The number of phenolic OH excluding ortho intramolecular Hbond substituents is 3. The third-order valence-electron chi connectivity index (χ3n) is 7.74. The molecule has 0 bridgehead atoms. The molecule has 2 aromatic carbocycles. The molecule has 0 heterocycles. The lowest BCUT2D eigenvalue weighted by Gasteiger charge is -2.22. The van der Waals surface area contributed by atoms with Crippen molar-refractivity contribution in [3.8, 4) is 45.3 Å². The number of fused-ring (bicyclic) bond motifs is 2. The summed E-state index contributed by atoms with van der Waals surface area (Å²) in [4.78, 5) is 77.4. The third-order valence-corrected chi connectivity index (χ3v) is 7.74. The number of aliphatic hydroxyl groups excluding tert-OH is 1. The number of rotatable bonds is 8. The molecule has 2 aromatic rings. The van der Waals surface area contributed by atoms with Crippen LogP contribution in [0.2, 0.25) is 0 Å². The van der Waals surface area contributed by atoms with Gasteiger partial charge in [0.15, 0.2) is 42.0 Å². The lowest BCUT2D eigenvalue weighted by molar-refractivity contribution is -0.154. The maximum absolute atomic E-state index is 14.1. The highest BCUT2D eigenvalue weighted by atomic mass is 16.6. The summed E-state index contributed by atoms with van der Waals surface area (Å²) in [7, 11) is 0. The molecule has 0 atom stereocenters. The summed E-state index contributed by atoms with van der Waals surface area (Å²) < 4.78 is 9.82. The lowest BCUT2D eigenvalue weighted by atomic mass is 9.81. The molecule has 12 heteroatoms. The average molecular weight is 607 g/mol. The van der Waals surface area contributed by atoms with Crippen LogP contribution in [0.3, 0.4) is 0 Å². The highest BCUT2D eigenvalue weighted by Crippen LogP contribution is 2.51. The van der Waals surface area contributed by atoms with Gasteiger partial charge < -0.3 is 29.9 Å². The summed E-state index contributed by atoms with van der Waals surface area (Å²) in [5, 5.41) is 42.8. The molecule has 0 amide bonds. The highest BCUT2D eigenvalue weighted by molar-refractivity contribution is 6.06. The molecule has 4 N–H and O–H groups in total. The Balaban J connectivity index is 2.22. The number of phenols is 3. The van der Waals surface area contributed by atoms with Crippen LogP contribution in [-0.2, 0) is 9.53 Å². The van der Waals surface area contributed by atoms with E-state index in [0.717, 1.165) is 6.07 Å². The molecule has 0 saturated carbocycles. The Bertz CT molecular complexity index is 2050. The van der Waals surface area contributed by atoms with Crippen molar-refractivity contribution >= 4 is 23.0 Å². The fourth-order valence-corrected chi connectivity index (χ4v) is 5.73. The van der Waals surface area contributed by atoms with Gasteiger partial charge in [-0.2, -0.15) is 0 Å². The van der Waals surface area contributed by atoms with Gasteiger partial charge in [-0.3, -0.25) is 24.0 Å². The van der Waals surface area contributed by atoms with E-state index in [-0.39, 0.29) is 56.2 Å². The van der Waals surface area contributed by atoms with Crippen LogP contribution in [0, 0.1) is 13.8 Å². The molecule has 4 rings (SSSR count). The van der Waals surface area contributed by atoms with Crippen LogP contribution in [0.5, 0.6) is 23.0 Å². The van der Waals surface area contributed by atoms with E-state index < -0.39 is 86.9 Å². The van der Waals surface area contributed by atoms with Crippen LogP contribution in [0.25, 0.3) is 33.0 Å². The first-order valence-electron chi connectivity index (χ1n) is 13.6. The van der Waals surface area contributed by atoms with Gasteiger partial charge in [-0.05, 0) is 31.7 Å². The molecular weight excluding hydrogens is 576 g/mol. The van der Waals surface area contributed by atoms with Crippen LogP contribution in [0.1, 0.15) is 72.1 Å². The second-order valence-electron chi connectivity index (χ2n) is 11.0. The molecule has 230 valence electrons. The quantitative estimate of drug-likeness (QED) is 0.0752. The van der Waals surface area contributed by atoms with Crippen LogP contribution < -0.4 is 26.5 Å². The van der Waals surface area contributed by atoms with Crippen molar-refractivity contribution in [3.63, 3.8) is 0 Å². The van der Waals surface area contributed by atoms with Crippen molar-refractivity contribution < 1.29 is 39.5 Å². The fourth-order valence-electron chi connectivity index (χ4n) is 5.73. The van der Waals surface area contributed by atoms with Crippen LogP contribution in [0.15, 0.2) is 25.2 Å². The molecule has 0 aliphatic heterocycles. The number of carbonyl (C=O) groups excluding carboxylic acids is 2. The van der Waals surface area contributed by atoms with E-state index in [1.807, 2.05) is 0 Å². The molecule has 44 heavy (non-hydrogen) atoms. The fraction of sp³-hybridized carbons (Fsp3) is 0.312. The molecule has 2 aliphatic carbocycles. The van der Waals surface area contributed by atoms with Gasteiger partial charge in [0.2, 0.25) is 10.9 Å². The van der Waals surface area contributed by atoms with Gasteiger partial charge in [0.05, 0.1) is 5.56 Å². The summed E-state index contributed by atoms with van der Waals surface area (Å²) in [6.07, 6.45) is 0.0454. The number of hydrogen-bond acceptors (Lipinski definition) is 12. The van der Waals surface area contributed by atoms with E-state index in [1.165, 1.54) is 13.8 Å². The van der Waals surface area contributed by atoms with Gasteiger partial charge in [0.25, 0.3) is 0 Å². The van der Waals surface area contributed by atoms with Gasteiger partial charge >= 0.3 is 5.97 Å². The van der Waals surface area contributed by atoms with E-state index in [9.17, 15) is 44.1 Å². The Morgan fingerprint density at radius 3 is 1.93 bits per heavy atom. The van der Waals surface area contributed by atoms with E-state index >= 15 is 0 Å². The van der Waals surface area contributed by atoms with Crippen molar-refractivity contribution in [2.45, 2.75) is 53.4 Å². The van der Waals surface area contributed by atoms with E-state index in [1.54, 1.807) is 27.7 Å². The number of aromatic hydroxyl groups is 3. The van der Waals surface area contributed by atoms with E-state index in [0.29, 0.717) is 0 Å². The van der Waals surface area contributed by atoms with Gasteiger partial charge in [-0.15, -0.1) is 0 Å². The van der Waals surface area contributed by atoms with Crippen LogP contribution in [-0.4, -0.2) is 46.1 Å². The molecule has 0 saturated heterocycles. The van der Waals surface area contributed by atoms with Crippen molar-refractivity contribution in [2.75, 3.05) is 13.4 Å². The summed E-state index contributed by atoms with van der Waals surface area (Å²) in [5.41, 5.74) is -6.80. The van der Waals surface area contributed by atoms with Crippen molar-refractivity contribution in [1.82, 2.24) is 0 Å². The molecule has 0 fully saturated rings. The highest BCUT2D eigenvalue weighted by Gasteiger charge is 2.33. The largest absolute Gasteiger partial charge is 0.507 e. The standard InChI is InChI=1S/C32H30O12/c1-11(2)19-23-15(7-17(30(19)40)43-9-18(35)44-10-34)28(38)21(13(5)26(23)36)22-14(6)27(37)25-20(12(3)4)32(42)29(39)16(8-33)24(25)31(22)41/h7-8,11-12,34,36,38,40H,9-10H2,1-6H3. The number of carbonyl (C=O) groups is 2. The Morgan fingerprint density at radius 1 is 0.773 bits per heavy atom. The molecule has 12 nitrogen and oxygen atoms in total. The number of esters is 1. The predicted octanol–water partition coefficient (Wildman–Crippen LogP) is 2.59. The number of ether oxygens (including phenoxy) is 2. The Labute approximate surface area is 249 Å². The summed E-state index contributed by atoms with van der Waals surface area (Å²) >= 11 is 0. The van der Waals surface area contributed by atoms with Gasteiger partial charge in [-0.1, -0.05) is 27.7 Å². The van der Waals surface area contributed by atoms with Crippen molar-refractivity contribution in [1.29, 1.82) is 0 Å². The SMILES string of the molecule is Cc1c(-c2c(C)c(=O)c3c(C(C)C)c(=O)c(=O)c(C=O)c-3c2=O)c(O)c2cc(OCC(=O)OCO)c(O)c(C(C)C)c2c1O. The monoisotopic (exact) mass is 606 g/mol. The number of benzene rings is 4. The smallest absolute Gasteiger partial charge is 0.346 e. The minimum atomic E-state index is -1.23.